The van der Waals surface area contributed by atoms with Crippen molar-refractivity contribution in [3.05, 3.63) is 0 Å². The highest BCUT2D eigenvalue weighted by Crippen LogP contribution is 2.17. The first-order chi connectivity index (χ1) is 8.88. The van der Waals surface area contributed by atoms with Gasteiger partial charge in [0.1, 0.15) is 0 Å². The van der Waals surface area contributed by atoms with Gasteiger partial charge in [-0.2, -0.15) is 0 Å². The molecule has 0 aromatic carbocycles. The van der Waals surface area contributed by atoms with Crippen LogP contribution in [0.1, 0.15) is 40.0 Å². The van der Waals surface area contributed by atoms with Gasteiger partial charge in [-0.3, -0.25) is 4.79 Å². The highest BCUT2D eigenvalue weighted by atomic mass is 35.5. The van der Waals surface area contributed by atoms with Crippen LogP contribution >= 0.6 is 12.4 Å². The summed E-state index contributed by atoms with van der Waals surface area (Å²) in [5.41, 5.74) is 0. The summed E-state index contributed by atoms with van der Waals surface area (Å²) in [6, 6.07) is 0.731. The Bertz CT molecular complexity index is 274. The first-order valence-corrected chi connectivity index (χ1v) is 7.57. The summed E-state index contributed by atoms with van der Waals surface area (Å²) in [6.07, 6.45) is 2.97. The predicted molar refractivity (Wildman–Crippen MR) is 87.4 cm³/mol. The molecular formula is C15H32ClN3O. The Hall–Kier alpha value is -0.320. The second-order valence-corrected chi connectivity index (χ2v) is 6.67. The Morgan fingerprint density at radius 3 is 2.55 bits per heavy atom. The molecule has 0 radical (unpaired) electrons. The van der Waals surface area contributed by atoms with Crippen LogP contribution in [0.5, 0.6) is 0 Å². The lowest BCUT2D eigenvalue weighted by atomic mass is 9.92. The van der Waals surface area contributed by atoms with E-state index in [1.54, 1.807) is 0 Å². The summed E-state index contributed by atoms with van der Waals surface area (Å²) >= 11 is 0. The molecule has 0 bridgehead atoms. The van der Waals surface area contributed by atoms with Crippen LogP contribution in [0.4, 0.5) is 0 Å². The summed E-state index contributed by atoms with van der Waals surface area (Å²) in [4.78, 5) is 14.5. The van der Waals surface area contributed by atoms with Gasteiger partial charge in [0.2, 0.25) is 5.91 Å². The average Bonchev–Trinajstić information content (AvgIpc) is 2.26. The summed E-state index contributed by atoms with van der Waals surface area (Å²) in [5, 5.41) is 6.66. The fourth-order valence-electron chi connectivity index (χ4n) is 2.88. The summed E-state index contributed by atoms with van der Waals surface area (Å²) in [6.45, 7) is 8.46. The van der Waals surface area contributed by atoms with E-state index in [1.165, 1.54) is 0 Å². The quantitative estimate of drug-likeness (QED) is 0.788. The maximum atomic E-state index is 12.4. The third-order valence-electron chi connectivity index (χ3n) is 3.68. The van der Waals surface area contributed by atoms with E-state index >= 15 is 0 Å². The third kappa shape index (κ3) is 7.46. The SMILES string of the molecule is CC(C)CC(CN(C)C)NC(=O)[C@H]1CCN[C@@H](C)C1.Cl. The van der Waals surface area contributed by atoms with E-state index in [0.717, 1.165) is 32.4 Å². The van der Waals surface area contributed by atoms with Gasteiger partial charge in [0.25, 0.3) is 0 Å². The molecule has 2 N–H and O–H groups in total. The van der Waals surface area contributed by atoms with Gasteiger partial charge in [-0.05, 0) is 52.7 Å². The molecule has 120 valence electrons. The predicted octanol–water partition coefficient (Wildman–Crippen LogP) is 1.89. The number of carbonyl (C=O) groups excluding carboxylic acids is 1. The molecule has 0 aromatic rings. The van der Waals surface area contributed by atoms with Gasteiger partial charge >= 0.3 is 0 Å². The third-order valence-corrected chi connectivity index (χ3v) is 3.68. The number of nitrogens with zero attached hydrogens (tertiary/aromatic N) is 1. The van der Waals surface area contributed by atoms with Crippen LogP contribution in [-0.4, -0.2) is 50.1 Å². The first kappa shape index (κ1) is 19.7. The molecule has 5 heteroatoms. The number of halogens is 1. The number of likely N-dealkylation sites (N-methyl/N-ethyl adjacent to an activating group) is 1. The van der Waals surface area contributed by atoms with Crippen molar-refractivity contribution >= 4 is 18.3 Å². The zero-order valence-electron chi connectivity index (χ0n) is 13.6. The molecule has 1 unspecified atom stereocenters. The van der Waals surface area contributed by atoms with Crippen LogP contribution in [0.2, 0.25) is 0 Å². The van der Waals surface area contributed by atoms with Gasteiger partial charge in [0, 0.05) is 24.5 Å². The lowest BCUT2D eigenvalue weighted by Crippen LogP contribution is -2.48. The van der Waals surface area contributed by atoms with Crippen molar-refractivity contribution in [2.75, 3.05) is 27.2 Å². The lowest BCUT2D eigenvalue weighted by Gasteiger charge is -2.30. The topological polar surface area (TPSA) is 44.4 Å². The molecule has 1 rings (SSSR count). The summed E-state index contributed by atoms with van der Waals surface area (Å²) < 4.78 is 0. The van der Waals surface area contributed by atoms with Crippen LogP contribution < -0.4 is 10.6 Å². The van der Waals surface area contributed by atoms with Gasteiger partial charge < -0.3 is 15.5 Å². The van der Waals surface area contributed by atoms with Gasteiger partial charge in [-0.15, -0.1) is 12.4 Å². The van der Waals surface area contributed by atoms with Crippen molar-refractivity contribution < 1.29 is 4.79 Å². The van der Waals surface area contributed by atoms with Crippen LogP contribution in [0.15, 0.2) is 0 Å². The minimum atomic E-state index is 0. The first-order valence-electron chi connectivity index (χ1n) is 7.57. The van der Waals surface area contributed by atoms with Gasteiger partial charge in [0.15, 0.2) is 0 Å². The molecular weight excluding hydrogens is 274 g/mol. The lowest BCUT2D eigenvalue weighted by molar-refractivity contribution is -0.127. The second kappa shape index (κ2) is 9.59. The van der Waals surface area contributed by atoms with Crippen molar-refractivity contribution in [3.8, 4) is 0 Å². The minimum Gasteiger partial charge on any atom is -0.352 e. The Morgan fingerprint density at radius 2 is 2.05 bits per heavy atom. The monoisotopic (exact) mass is 305 g/mol. The molecule has 3 atom stereocenters. The van der Waals surface area contributed by atoms with Crippen molar-refractivity contribution in [1.82, 2.24) is 15.5 Å². The number of piperidine rings is 1. The Morgan fingerprint density at radius 1 is 1.40 bits per heavy atom. The Balaban J connectivity index is 0.00000361. The van der Waals surface area contributed by atoms with E-state index in [-0.39, 0.29) is 30.3 Å². The number of hydrogen-bond acceptors (Lipinski definition) is 3. The molecule has 0 aromatic heterocycles. The molecule has 4 nitrogen and oxygen atoms in total. The number of carbonyl (C=O) groups is 1. The maximum absolute atomic E-state index is 12.4. The zero-order valence-corrected chi connectivity index (χ0v) is 14.4. The van der Waals surface area contributed by atoms with E-state index < -0.39 is 0 Å². The van der Waals surface area contributed by atoms with Crippen LogP contribution in [0.3, 0.4) is 0 Å². The van der Waals surface area contributed by atoms with Gasteiger partial charge in [0.05, 0.1) is 0 Å². The highest BCUT2D eigenvalue weighted by Gasteiger charge is 2.26. The van der Waals surface area contributed by atoms with Crippen LogP contribution in [0, 0.1) is 11.8 Å². The van der Waals surface area contributed by atoms with Gasteiger partial charge in [-0.25, -0.2) is 0 Å². The molecule has 1 amide bonds. The fourth-order valence-corrected chi connectivity index (χ4v) is 2.88. The average molecular weight is 306 g/mol. The molecule has 1 saturated heterocycles. The van der Waals surface area contributed by atoms with Gasteiger partial charge in [-0.1, -0.05) is 13.8 Å². The highest BCUT2D eigenvalue weighted by molar-refractivity contribution is 5.85. The molecule has 20 heavy (non-hydrogen) atoms. The summed E-state index contributed by atoms with van der Waals surface area (Å²) in [5.74, 6) is 1.05. The molecule has 1 fully saturated rings. The van der Waals surface area contributed by atoms with E-state index in [4.69, 9.17) is 0 Å². The van der Waals surface area contributed by atoms with Crippen molar-refractivity contribution in [3.63, 3.8) is 0 Å². The minimum absolute atomic E-state index is 0. The number of nitrogens with one attached hydrogen (secondary N) is 2. The van der Waals surface area contributed by atoms with E-state index in [1.807, 2.05) is 0 Å². The smallest absolute Gasteiger partial charge is 0.223 e. The molecule has 0 spiro atoms. The van der Waals surface area contributed by atoms with Crippen LogP contribution in [-0.2, 0) is 4.79 Å². The zero-order chi connectivity index (χ0) is 14.4. The Kier molecular flexibility index (Phi) is 9.43. The molecule has 1 aliphatic heterocycles. The van der Waals surface area contributed by atoms with Crippen molar-refractivity contribution in [1.29, 1.82) is 0 Å². The van der Waals surface area contributed by atoms with Crippen molar-refractivity contribution in [2.45, 2.75) is 52.1 Å². The summed E-state index contributed by atoms with van der Waals surface area (Å²) in [7, 11) is 4.12. The van der Waals surface area contributed by atoms with Crippen LogP contribution in [0.25, 0.3) is 0 Å². The van der Waals surface area contributed by atoms with E-state index in [9.17, 15) is 4.79 Å². The largest absolute Gasteiger partial charge is 0.352 e. The normalized spacial score (nSPS) is 24.4. The molecule has 1 aliphatic rings. The molecule has 0 saturated carbocycles. The standard InChI is InChI=1S/C15H31N3O.ClH/c1-11(2)8-14(10-18(4)5)17-15(19)13-6-7-16-12(3)9-13;/h11-14,16H,6-10H2,1-5H3,(H,17,19);1H/t12-,13-,14?;/m0./s1. The fraction of sp³-hybridized carbons (Fsp3) is 0.933. The number of hydrogen-bond donors (Lipinski definition) is 2. The second-order valence-electron chi connectivity index (χ2n) is 6.67. The Labute approximate surface area is 130 Å². The van der Waals surface area contributed by atoms with E-state index in [2.05, 4.69) is 50.4 Å². The molecule has 1 heterocycles. The number of rotatable bonds is 6. The van der Waals surface area contributed by atoms with E-state index in [0.29, 0.717) is 12.0 Å². The van der Waals surface area contributed by atoms with Crippen molar-refractivity contribution in [2.24, 2.45) is 11.8 Å². The number of amides is 1. The maximum Gasteiger partial charge on any atom is 0.223 e. The molecule has 0 aliphatic carbocycles.